The summed E-state index contributed by atoms with van der Waals surface area (Å²) in [6, 6.07) is 12.0. The van der Waals surface area contributed by atoms with Crippen LogP contribution in [0.4, 0.5) is 0 Å². The van der Waals surface area contributed by atoms with Crippen molar-refractivity contribution in [3.63, 3.8) is 0 Å². The molecule has 0 heterocycles. The molecule has 0 bridgehead atoms. The molecule has 0 amide bonds. The largest absolute Gasteiger partial charge is 2.00 e. The molecule has 1 fully saturated rings. The summed E-state index contributed by atoms with van der Waals surface area (Å²) in [7, 11) is 0. The van der Waals surface area contributed by atoms with E-state index >= 15 is 0 Å². The van der Waals surface area contributed by atoms with Crippen LogP contribution in [0.3, 0.4) is 0 Å². The van der Waals surface area contributed by atoms with Gasteiger partial charge < -0.3 is 30.0 Å². The smallest absolute Gasteiger partial charge is 0.550 e. The van der Waals surface area contributed by atoms with E-state index in [9.17, 15) is 10.2 Å². The van der Waals surface area contributed by atoms with Gasteiger partial charge in [0.2, 0.25) is 0 Å². The summed E-state index contributed by atoms with van der Waals surface area (Å²) < 4.78 is 0. The number of hydrogen-bond donors (Lipinski definition) is 2. The molecule has 9 heteroatoms. The van der Waals surface area contributed by atoms with E-state index < -0.39 is 11.9 Å². The molecular formula is C31H42CoN2O6. The van der Waals surface area contributed by atoms with Crippen molar-refractivity contribution in [2.45, 2.75) is 85.7 Å². The van der Waals surface area contributed by atoms with E-state index in [4.69, 9.17) is 29.8 Å². The number of aromatic hydroxyl groups is 2. The van der Waals surface area contributed by atoms with Gasteiger partial charge in [-0.1, -0.05) is 39.8 Å². The zero-order valence-electron chi connectivity index (χ0n) is 24.2. The van der Waals surface area contributed by atoms with Gasteiger partial charge in [-0.15, -0.1) is 0 Å². The van der Waals surface area contributed by atoms with Crippen LogP contribution >= 0.6 is 0 Å². The predicted molar refractivity (Wildman–Crippen MR) is 151 cm³/mol. The number of aliphatic carboxylic acids is 2. The van der Waals surface area contributed by atoms with Crippen molar-refractivity contribution in [1.29, 1.82) is 0 Å². The first-order chi connectivity index (χ1) is 18.3. The number of rotatable bonds is 8. The van der Waals surface area contributed by atoms with Crippen LogP contribution in [0.2, 0.25) is 0 Å². The summed E-state index contributed by atoms with van der Waals surface area (Å²) in [5, 5.41) is 38.1. The number of carboxylic acid groups (broad SMARTS) is 2. The van der Waals surface area contributed by atoms with E-state index in [2.05, 4.69) is 27.7 Å². The van der Waals surface area contributed by atoms with Crippen LogP contribution in [0.15, 0.2) is 46.4 Å². The van der Waals surface area contributed by atoms with Gasteiger partial charge >= 0.3 is 16.8 Å². The average Bonchev–Trinajstić information content (AvgIpc) is 3.26. The molecule has 1 radical (unpaired) electrons. The van der Waals surface area contributed by atoms with Crippen molar-refractivity contribution in [2.75, 3.05) is 0 Å². The van der Waals surface area contributed by atoms with Crippen LogP contribution in [0, 0.1) is 11.8 Å². The minimum atomic E-state index is -1.08. The van der Waals surface area contributed by atoms with Gasteiger partial charge in [0.15, 0.2) is 0 Å². The standard InChI is InChI=1S/C27H36N2O2.2C2H4O2.Co/c1-18(2)11-20-5-9-26(30)22(13-20)16-28-24-7-8-25(15-24)29-17-23-14-21(12-19(3)4)6-10-27(23)31;2*1-2(3)4;/h5-6,9-10,13-14,16-19,24-25,30-31H,7-8,11-12,15H2,1-4H3;2*1H3,(H,3,4);/q;;;+2/p-2. The second-order valence-electron chi connectivity index (χ2n) is 10.6. The molecule has 0 spiro atoms. The summed E-state index contributed by atoms with van der Waals surface area (Å²) in [6.45, 7) is 10.7. The molecule has 8 nitrogen and oxygen atoms in total. The third-order valence-corrected chi connectivity index (χ3v) is 5.70. The first-order valence-electron chi connectivity index (χ1n) is 13.3. The third-order valence-electron chi connectivity index (χ3n) is 5.70. The maximum Gasteiger partial charge on any atom is 2.00 e. The van der Waals surface area contributed by atoms with Crippen molar-refractivity contribution in [1.82, 2.24) is 0 Å². The fourth-order valence-electron chi connectivity index (χ4n) is 4.19. The average molecular weight is 598 g/mol. The van der Waals surface area contributed by atoms with Crippen molar-refractivity contribution >= 4 is 24.4 Å². The van der Waals surface area contributed by atoms with E-state index in [1.165, 1.54) is 11.1 Å². The molecule has 3 rings (SSSR count). The Bertz CT molecular complexity index is 1040. The van der Waals surface area contributed by atoms with Crippen LogP contribution < -0.4 is 10.2 Å². The molecular weight excluding hydrogens is 555 g/mol. The molecule has 221 valence electrons. The monoisotopic (exact) mass is 597 g/mol. The molecule has 2 atom stereocenters. The normalized spacial score (nSPS) is 16.3. The molecule has 0 aliphatic heterocycles. The quantitative estimate of drug-likeness (QED) is 0.446. The van der Waals surface area contributed by atoms with E-state index in [0.29, 0.717) is 11.8 Å². The SMILES string of the molecule is CC(=O)[O-].CC(=O)[O-].CC(C)Cc1ccc(O)c(C=NC2CCC(N=Cc3cc(CC(C)C)ccc3O)C2)c1.[Co+2]. The Morgan fingerprint density at radius 1 is 0.800 bits per heavy atom. The maximum absolute atomic E-state index is 10.2. The van der Waals surface area contributed by atoms with Crippen LogP contribution in [-0.4, -0.2) is 46.7 Å². The Hall–Kier alpha value is -3.17. The summed E-state index contributed by atoms with van der Waals surface area (Å²) in [5.41, 5.74) is 4.03. The molecule has 1 aliphatic carbocycles. The fraction of sp³-hybridized carbons (Fsp3) is 0.484. The Balaban J connectivity index is 0.00000149. The third kappa shape index (κ3) is 16.1. The summed E-state index contributed by atoms with van der Waals surface area (Å²) in [4.78, 5) is 27.2. The molecule has 40 heavy (non-hydrogen) atoms. The molecule has 0 aromatic heterocycles. The van der Waals surface area contributed by atoms with Gasteiger partial charge in [-0.05, 0) is 93.2 Å². The van der Waals surface area contributed by atoms with Crippen molar-refractivity contribution in [3.8, 4) is 11.5 Å². The first kappa shape index (κ1) is 36.8. The molecule has 1 aliphatic rings. The van der Waals surface area contributed by atoms with Gasteiger partial charge in [-0.25, -0.2) is 0 Å². The summed E-state index contributed by atoms with van der Waals surface area (Å²) in [5.74, 6) is -0.456. The van der Waals surface area contributed by atoms with Crippen molar-refractivity contribution in [3.05, 3.63) is 58.7 Å². The van der Waals surface area contributed by atoms with Gasteiger partial charge in [0.25, 0.3) is 0 Å². The molecule has 2 unspecified atom stereocenters. The maximum atomic E-state index is 10.2. The van der Waals surface area contributed by atoms with Crippen LogP contribution in [0.1, 0.15) is 83.1 Å². The summed E-state index contributed by atoms with van der Waals surface area (Å²) in [6.07, 6.45) is 8.49. The van der Waals surface area contributed by atoms with Crippen molar-refractivity contribution in [2.24, 2.45) is 21.8 Å². The zero-order valence-corrected chi connectivity index (χ0v) is 25.3. The van der Waals surface area contributed by atoms with Gasteiger partial charge in [0, 0.05) is 35.5 Å². The van der Waals surface area contributed by atoms with Gasteiger partial charge in [-0.2, -0.15) is 0 Å². The van der Waals surface area contributed by atoms with Crippen molar-refractivity contribution < 1.29 is 46.8 Å². The number of carboxylic acids is 2. The number of aliphatic imine (C=N–C) groups is 2. The number of carbonyl (C=O) groups is 2. The topological polar surface area (TPSA) is 145 Å². The van der Waals surface area contributed by atoms with E-state index in [1.54, 1.807) is 12.1 Å². The predicted octanol–water partition coefficient (Wildman–Crippen LogP) is 3.46. The Labute approximate surface area is 248 Å². The number of carbonyl (C=O) groups excluding carboxylic acids is 2. The number of phenols is 2. The van der Waals surface area contributed by atoms with Gasteiger partial charge in [0.05, 0.1) is 12.1 Å². The Kier molecular flexibility index (Phi) is 17.5. The van der Waals surface area contributed by atoms with Crippen LogP contribution in [-0.2, 0) is 39.2 Å². The fourth-order valence-corrected chi connectivity index (χ4v) is 4.19. The first-order valence-corrected chi connectivity index (χ1v) is 13.3. The summed E-state index contributed by atoms with van der Waals surface area (Å²) >= 11 is 0. The van der Waals surface area contributed by atoms with Gasteiger partial charge in [0.1, 0.15) is 11.5 Å². The molecule has 2 N–H and O–H groups in total. The van der Waals surface area contributed by atoms with Gasteiger partial charge in [-0.3, -0.25) is 9.98 Å². The van der Waals surface area contributed by atoms with E-state index in [1.807, 2.05) is 36.7 Å². The molecule has 1 saturated carbocycles. The Morgan fingerprint density at radius 3 is 1.43 bits per heavy atom. The van der Waals surface area contributed by atoms with E-state index in [-0.39, 0.29) is 40.4 Å². The van der Waals surface area contributed by atoms with Crippen LogP contribution in [0.25, 0.3) is 0 Å². The zero-order chi connectivity index (χ0) is 29.5. The number of hydrogen-bond acceptors (Lipinski definition) is 8. The molecule has 2 aromatic rings. The number of phenolic OH excluding ortho intramolecular Hbond substituents is 2. The number of nitrogens with zero attached hydrogens (tertiary/aromatic N) is 2. The second kappa shape index (κ2) is 19.0. The second-order valence-corrected chi connectivity index (χ2v) is 10.6. The van der Waals surface area contributed by atoms with E-state index in [0.717, 1.165) is 57.1 Å². The molecule has 0 saturated heterocycles. The van der Waals surface area contributed by atoms with Crippen LogP contribution in [0.5, 0.6) is 11.5 Å². The minimum Gasteiger partial charge on any atom is -0.550 e. The minimum absolute atomic E-state index is 0. The molecule has 2 aromatic carbocycles. The Morgan fingerprint density at radius 2 is 1.12 bits per heavy atom. The number of benzene rings is 2.